The molecule has 2 aromatic rings. The molecule has 0 fully saturated rings. The summed E-state index contributed by atoms with van der Waals surface area (Å²) in [4.78, 5) is 14.0. The van der Waals surface area contributed by atoms with Crippen LogP contribution in [0.1, 0.15) is 20.1 Å². The van der Waals surface area contributed by atoms with Gasteiger partial charge < -0.3 is 5.73 Å². The molecular formula is C12H10BrNOS. The van der Waals surface area contributed by atoms with Crippen molar-refractivity contribution in [3.8, 4) is 0 Å². The van der Waals surface area contributed by atoms with Crippen molar-refractivity contribution in [2.45, 2.75) is 6.92 Å². The third-order valence-electron chi connectivity index (χ3n) is 2.24. The van der Waals surface area contributed by atoms with Gasteiger partial charge in [0.2, 0.25) is 5.78 Å². The highest BCUT2D eigenvalue weighted by Crippen LogP contribution is 2.27. The Bertz CT molecular complexity index is 548. The molecule has 0 saturated carbocycles. The summed E-state index contributed by atoms with van der Waals surface area (Å²) < 4.78 is 0.672. The Hall–Kier alpha value is -1.13. The largest absolute Gasteiger partial charge is 0.398 e. The number of hydrogen-bond acceptors (Lipinski definition) is 3. The van der Waals surface area contributed by atoms with Crippen molar-refractivity contribution in [1.29, 1.82) is 0 Å². The highest BCUT2D eigenvalue weighted by Gasteiger charge is 2.15. The van der Waals surface area contributed by atoms with Crippen LogP contribution < -0.4 is 5.73 Å². The van der Waals surface area contributed by atoms with Crippen LogP contribution in [0.15, 0.2) is 34.8 Å². The minimum absolute atomic E-state index is 0.0114. The van der Waals surface area contributed by atoms with Crippen LogP contribution in [0, 0.1) is 6.92 Å². The van der Waals surface area contributed by atoms with Crippen molar-refractivity contribution in [2.75, 3.05) is 5.73 Å². The summed E-state index contributed by atoms with van der Waals surface area (Å²) in [5.41, 5.74) is 6.94. The molecule has 1 heterocycles. The molecule has 82 valence electrons. The second-order valence-electron chi connectivity index (χ2n) is 3.45. The first kappa shape index (κ1) is 11.4. The number of carbonyl (C=O) groups excluding carboxylic acids is 1. The van der Waals surface area contributed by atoms with Gasteiger partial charge in [0.15, 0.2) is 0 Å². The van der Waals surface area contributed by atoms with Crippen LogP contribution in [-0.2, 0) is 0 Å². The summed E-state index contributed by atoms with van der Waals surface area (Å²) in [6.45, 7) is 1.98. The summed E-state index contributed by atoms with van der Waals surface area (Å²) in [5.74, 6) is 0.0114. The van der Waals surface area contributed by atoms with Crippen LogP contribution in [0.5, 0.6) is 0 Å². The SMILES string of the molecule is Cc1ccc(C(=O)c2cccc(N)c2Br)s1. The summed E-state index contributed by atoms with van der Waals surface area (Å²) in [7, 11) is 0. The minimum atomic E-state index is 0.0114. The number of benzene rings is 1. The van der Waals surface area contributed by atoms with E-state index in [9.17, 15) is 4.79 Å². The Balaban J connectivity index is 2.45. The van der Waals surface area contributed by atoms with Crippen molar-refractivity contribution in [3.05, 3.63) is 50.1 Å². The average molecular weight is 296 g/mol. The Labute approximate surface area is 106 Å². The molecule has 2 rings (SSSR count). The summed E-state index contributed by atoms with van der Waals surface area (Å²) in [6.07, 6.45) is 0. The third kappa shape index (κ3) is 2.03. The lowest BCUT2D eigenvalue weighted by Gasteiger charge is -2.04. The predicted molar refractivity (Wildman–Crippen MR) is 71.0 cm³/mol. The quantitative estimate of drug-likeness (QED) is 0.679. The first-order chi connectivity index (χ1) is 7.59. The zero-order valence-electron chi connectivity index (χ0n) is 8.66. The van der Waals surface area contributed by atoms with Gasteiger partial charge in [0.25, 0.3) is 0 Å². The van der Waals surface area contributed by atoms with E-state index >= 15 is 0 Å². The van der Waals surface area contributed by atoms with Gasteiger partial charge >= 0.3 is 0 Å². The van der Waals surface area contributed by atoms with Crippen molar-refractivity contribution in [3.63, 3.8) is 0 Å². The zero-order chi connectivity index (χ0) is 11.7. The van der Waals surface area contributed by atoms with Gasteiger partial charge in [-0.1, -0.05) is 6.07 Å². The van der Waals surface area contributed by atoms with Crippen LogP contribution in [0.2, 0.25) is 0 Å². The Kier molecular flexibility index (Phi) is 3.12. The predicted octanol–water partition coefficient (Wildman–Crippen LogP) is 3.63. The lowest BCUT2D eigenvalue weighted by molar-refractivity contribution is 0.104. The molecule has 16 heavy (non-hydrogen) atoms. The number of halogens is 1. The second-order valence-corrected chi connectivity index (χ2v) is 5.53. The van der Waals surface area contributed by atoms with Crippen molar-refractivity contribution >= 4 is 38.7 Å². The number of carbonyl (C=O) groups is 1. The van der Waals surface area contributed by atoms with Crippen molar-refractivity contribution in [2.24, 2.45) is 0 Å². The molecule has 0 aliphatic rings. The van der Waals surface area contributed by atoms with Gasteiger partial charge in [0.05, 0.1) is 9.35 Å². The maximum absolute atomic E-state index is 12.2. The number of thiophene rings is 1. The number of nitrogen functional groups attached to an aromatic ring is 1. The molecule has 0 aliphatic heterocycles. The standard InChI is InChI=1S/C12H10BrNOS/c1-7-5-6-10(16-7)12(15)8-3-2-4-9(14)11(8)13/h2-6H,14H2,1H3. The number of nitrogens with two attached hydrogens (primary N) is 1. The van der Waals surface area contributed by atoms with Gasteiger partial charge in [-0.15, -0.1) is 11.3 Å². The summed E-state index contributed by atoms with van der Waals surface area (Å²) >= 11 is 4.84. The number of ketones is 1. The Morgan fingerprint density at radius 2 is 2.06 bits per heavy atom. The molecule has 1 aromatic heterocycles. The fraction of sp³-hybridized carbons (Fsp3) is 0.0833. The van der Waals surface area contributed by atoms with E-state index in [1.54, 1.807) is 18.2 Å². The van der Waals surface area contributed by atoms with Crippen molar-refractivity contribution < 1.29 is 4.79 Å². The molecule has 2 N–H and O–H groups in total. The molecule has 0 saturated heterocycles. The molecular weight excluding hydrogens is 286 g/mol. The summed E-state index contributed by atoms with van der Waals surface area (Å²) in [5, 5.41) is 0. The van der Waals surface area contributed by atoms with E-state index in [1.165, 1.54) is 11.3 Å². The molecule has 0 radical (unpaired) electrons. The Morgan fingerprint density at radius 1 is 1.31 bits per heavy atom. The van der Waals surface area contributed by atoms with Crippen LogP contribution in [0.3, 0.4) is 0 Å². The van der Waals surface area contributed by atoms with Gasteiger partial charge in [-0.05, 0) is 47.1 Å². The van der Waals surface area contributed by atoms with E-state index in [-0.39, 0.29) is 5.78 Å². The van der Waals surface area contributed by atoms with Gasteiger partial charge in [0, 0.05) is 16.1 Å². The van der Waals surface area contributed by atoms with Gasteiger partial charge in [-0.2, -0.15) is 0 Å². The maximum Gasteiger partial charge on any atom is 0.204 e. The number of anilines is 1. The number of hydrogen-bond donors (Lipinski definition) is 1. The highest BCUT2D eigenvalue weighted by atomic mass is 79.9. The van der Waals surface area contributed by atoms with Crippen LogP contribution in [-0.4, -0.2) is 5.78 Å². The normalized spacial score (nSPS) is 10.4. The molecule has 0 atom stereocenters. The second kappa shape index (κ2) is 4.39. The highest BCUT2D eigenvalue weighted by molar-refractivity contribution is 9.10. The first-order valence-electron chi connectivity index (χ1n) is 4.74. The van der Waals surface area contributed by atoms with Crippen LogP contribution in [0.25, 0.3) is 0 Å². The van der Waals surface area contributed by atoms with E-state index in [0.717, 1.165) is 9.75 Å². The third-order valence-corrected chi connectivity index (χ3v) is 4.12. The van der Waals surface area contributed by atoms with E-state index in [2.05, 4.69) is 15.9 Å². The fourth-order valence-corrected chi connectivity index (χ4v) is 2.68. The minimum Gasteiger partial charge on any atom is -0.398 e. The fourth-order valence-electron chi connectivity index (χ4n) is 1.41. The molecule has 0 amide bonds. The summed E-state index contributed by atoms with van der Waals surface area (Å²) in [6, 6.07) is 9.11. The maximum atomic E-state index is 12.2. The lowest BCUT2D eigenvalue weighted by Crippen LogP contribution is -2.01. The Morgan fingerprint density at radius 3 is 2.69 bits per heavy atom. The van der Waals surface area contributed by atoms with E-state index in [1.807, 2.05) is 19.1 Å². The van der Waals surface area contributed by atoms with Crippen LogP contribution >= 0.6 is 27.3 Å². The van der Waals surface area contributed by atoms with E-state index in [4.69, 9.17) is 5.73 Å². The van der Waals surface area contributed by atoms with Crippen LogP contribution in [0.4, 0.5) is 5.69 Å². The molecule has 0 aliphatic carbocycles. The molecule has 0 bridgehead atoms. The molecule has 0 spiro atoms. The molecule has 2 nitrogen and oxygen atoms in total. The van der Waals surface area contributed by atoms with E-state index in [0.29, 0.717) is 15.7 Å². The van der Waals surface area contributed by atoms with Gasteiger partial charge in [-0.3, -0.25) is 4.79 Å². The zero-order valence-corrected chi connectivity index (χ0v) is 11.1. The monoisotopic (exact) mass is 295 g/mol. The average Bonchev–Trinajstić information content (AvgIpc) is 2.68. The topological polar surface area (TPSA) is 43.1 Å². The molecule has 4 heteroatoms. The van der Waals surface area contributed by atoms with Crippen molar-refractivity contribution in [1.82, 2.24) is 0 Å². The molecule has 1 aromatic carbocycles. The molecule has 0 unspecified atom stereocenters. The first-order valence-corrected chi connectivity index (χ1v) is 6.35. The van der Waals surface area contributed by atoms with E-state index < -0.39 is 0 Å². The van der Waals surface area contributed by atoms with Gasteiger partial charge in [0.1, 0.15) is 0 Å². The smallest absolute Gasteiger partial charge is 0.204 e. The lowest BCUT2D eigenvalue weighted by atomic mass is 10.1. The van der Waals surface area contributed by atoms with Gasteiger partial charge in [-0.25, -0.2) is 0 Å². The number of rotatable bonds is 2. The number of aryl methyl sites for hydroxylation is 1.